The lowest BCUT2D eigenvalue weighted by Gasteiger charge is -2.31. The molecule has 2 heteroatoms. The summed E-state index contributed by atoms with van der Waals surface area (Å²) in [4.78, 5) is 0. The number of rotatable bonds is 5. The number of hydrogen-bond donors (Lipinski definition) is 1. The maximum Gasteiger partial charge on any atom is 0.130 e. The van der Waals surface area contributed by atoms with Crippen LogP contribution in [-0.2, 0) is 4.74 Å². The largest absolute Gasteiger partial charge is 0.492 e. The molecule has 98 valence electrons. The Morgan fingerprint density at radius 1 is 1.35 bits per heavy atom. The van der Waals surface area contributed by atoms with Crippen LogP contribution in [0.15, 0.2) is 11.8 Å². The first-order chi connectivity index (χ1) is 7.99. The van der Waals surface area contributed by atoms with Crippen LogP contribution >= 0.6 is 0 Å². The number of aliphatic hydroxyl groups is 1. The lowest BCUT2D eigenvalue weighted by atomic mass is 9.81. The molecule has 0 aromatic carbocycles. The molecule has 1 aliphatic heterocycles. The van der Waals surface area contributed by atoms with Gasteiger partial charge in [-0.25, -0.2) is 0 Å². The van der Waals surface area contributed by atoms with Crippen molar-refractivity contribution in [1.29, 1.82) is 0 Å². The highest BCUT2D eigenvalue weighted by Crippen LogP contribution is 2.40. The minimum absolute atomic E-state index is 0.0422. The molecule has 2 nitrogen and oxygen atoms in total. The van der Waals surface area contributed by atoms with Crippen molar-refractivity contribution in [3.8, 4) is 0 Å². The summed E-state index contributed by atoms with van der Waals surface area (Å²) in [6.45, 7) is 9.04. The van der Waals surface area contributed by atoms with E-state index in [-0.39, 0.29) is 12.2 Å². The third kappa shape index (κ3) is 2.67. The molecule has 4 unspecified atom stereocenters. The molecule has 0 aromatic rings. The van der Waals surface area contributed by atoms with E-state index >= 15 is 0 Å². The number of aliphatic hydroxyl groups excluding tert-OH is 1. The predicted molar refractivity (Wildman–Crippen MR) is 69.5 cm³/mol. The van der Waals surface area contributed by atoms with Gasteiger partial charge >= 0.3 is 0 Å². The van der Waals surface area contributed by atoms with E-state index in [2.05, 4.69) is 33.8 Å². The molecule has 1 heterocycles. The molecule has 0 fully saturated rings. The molecular weight excluding hydrogens is 212 g/mol. The van der Waals surface area contributed by atoms with Crippen molar-refractivity contribution in [2.45, 2.75) is 59.2 Å². The second-order valence-corrected chi connectivity index (χ2v) is 6.30. The summed E-state index contributed by atoms with van der Waals surface area (Å²) >= 11 is 0. The van der Waals surface area contributed by atoms with Gasteiger partial charge in [-0.15, -0.1) is 0 Å². The van der Waals surface area contributed by atoms with Gasteiger partial charge in [0.25, 0.3) is 0 Å². The second-order valence-electron chi connectivity index (χ2n) is 6.30. The van der Waals surface area contributed by atoms with Crippen LogP contribution in [-0.4, -0.2) is 17.3 Å². The van der Waals surface area contributed by atoms with E-state index < -0.39 is 0 Å². The quantitative estimate of drug-likeness (QED) is 0.796. The Hall–Kier alpha value is -0.500. The highest BCUT2D eigenvalue weighted by Gasteiger charge is 2.39. The molecule has 0 amide bonds. The van der Waals surface area contributed by atoms with Gasteiger partial charge in [0.05, 0.1) is 11.9 Å². The molecule has 0 saturated carbocycles. The molecule has 2 rings (SSSR count). The van der Waals surface area contributed by atoms with Gasteiger partial charge in [-0.2, -0.15) is 0 Å². The van der Waals surface area contributed by atoms with Gasteiger partial charge in [0, 0.05) is 12.3 Å². The van der Waals surface area contributed by atoms with Crippen LogP contribution in [0.3, 0.4) is 0 Å². The maximum atomic E-state index is 10.3. The van der Waals surface area contributed by atoms with Crippen molar-refractivity contribution in [2.24, 2.45) is 23.7 Å². The lowest BCUT2D eigenvalue weighted by Crippen LogP contribution is -2.35. The minimum Gasteiger partial charge on any atom is -0.492 e. The molecule has 17 heavy (non-hydrogen) atoms. The average Bonchev–Trinajstić information content (AvgIpc) is 2.89. The van der Waals surface area contributed by atoms with Crippen LogP contribution in [0.5, 0.6) is 0 Å². The summed E-state index contributed by atoms with van der Waals surface area (Å²) in [5.74, 6) is 3.47. The second kappa shape index (κ2) is 5.01. The van der Waals surface area contributed by atoms with E-state index in [9.17, 15) is 5.11 Å². The van der Waals surface area contributed by atoms with E-state index in [1.54, 1.807) is 0 Å². The van der Waals surface area contributed by atoms with Crippen molar-refractivity contribution >= 4 is 0 Å². The van der Waals surface area contributed by atoms with E-state index in [1.807, 2.05) is 0 Å². The summed E-state index contributed by atoms with van der Waals surface area (Å²) in [6.07, 6.45) is 5.06. The van der Waals surface area contributed by atoms with Gasteiger partial charge < -0.3 is 9.84 Å². The molecule has 0 saturated heterocycles. The van der Waals surface area contributed by atoms with Crippen LogP contribution in [0.4, 0.5) is 0 Å². The molecule has 1 aliphatic carbocycles. The maximum absolute atomic E-state index is 10.3. The monoisotopic (exact) mass is 238 g/mol. The van der Waals surface area contributed by atoms with Gasteiger partial charge in [-0.05, 0) is 36.7 Å². The smallest absolute Gasteiger partial charge is 0.130 e. The summed E-state index contributed by atoms with van der Waals surface area (Å²) < 4.78 is 5.77. The van der Waals surface area contributed by atoms with E-state index in [4.69, 9.17) is 4.74 Å². The topological polar surface area (TPSA) is 29.5 Å². The standard InChI is InChI=1S/C15H26O2/c1-9(2)11(4)10(3)7-14(16)15-12-5-6-13(8-12)17-15/h8-12,14-16H,5-7H2,1-4H3/t10?,11?,12?,14?,15-/m1/s1. The third-order valence-corrected chi connectivity index (χ3v) is 4.78. The Morgan fingerprint density at radius 3 is 2.53 bits per heavy atom. The average molecular weight is 238 g/mol. The van der Waals surface area contributed by atoms with Gasteiger partial charge in [0.15, 0.2) is 0 Å². The summed E-state index contributed by atoms with van der Waals surface area (Å²) in [7, 11) is 0. The predicted octanol–water partition coefficient (Wildman–Crippen LogP) is 3.36. The fourth-order valence-electron chi connectivity index (χ4n) is 3.08. The first kappa shape index (κ1) is 12.9. The molecule has 2 bridgehead atoms. The zero-order valence-electron chi connectivity index (χ0n) is 11.5. The van der Waals surface area contributed by atoms with Crippen LogP contribution in [0.25, 0.3) is 0 Å². The van der Waals surface area contributed by atoms with Crippen molar-refractivity contribution in [3.63, 3.8) is 0 Å². The van der Waals surface area contributed by atoms with E-state index in [0.717, 1.165) is 18.6 Å². The molecule has 1 N–H and O–H groups in total. The van der Waals surface area contributed by atoms with Crippen LogP contribution in [0.2, 0.25) is 0 Å². The molecule has 0 radical (unpaired) electrons. The highest BCUT2D eigenvalue weighted by molar-refractivity contribution is 5.14. The zero-order chi connectivity index (χ0) is 12.6. The Labute approximate surface area is 105 Å². The Kier molecular flexibility index (Phi) is 3.82. The van der Waals surface area contributed by atoms with Crippen molar-refractivity contribution < 1.29 is 9.84 Å². The summed E-state index contributed by atoms with van der Waals surface area (Å²) in [6, 6.07) is 0. The number of ether oxygens (including phenoxy) is 1. The molecular formula is C15H26O2. The van der Waals surface area contributed by atoms with Crippen molar-refractivity contribution in [3.05, 3.63) is 11.8 Å². The van der Waals surface area contributed by atoms with E-state index in [0.29, 0.717) is 23.7 Å². The van der Waals surface area contributed by atoms with E-state index in [1.165, 1.54) is 6.42 Å². The fourth-order valence-corrected chi connectivity index (χ4v) is 3.08. The van der Waals surface area contributed by atoms with Crippen LogP contribution in [0, 0.1) is 23.7 Å². The van der Waals surface area contributed by atoms with Gasteiger partial charge in [-0.3, -0.25) is 0 Å². The van der Waals surface area contributed by atoms with Crippen molar-refractivity contribution in [1.82, 2.24) is 0 Å². The van der Waals surface area contributed by atoms with Crippen LogP contribution in [0.1, 0.15) is 47.0 Å². The zero-order valence-corrected chi connectivity index (χ0v) is 11.5. The molecule has 0 aromatic heterocycles. The number of allylic oxidation sites excluding steroid dienone is 1. The molecule has 5 atom stereocenters. The number of fused-ring (bicyclic) bond motifs is 1. The summed E-state index contributed by atoms with van der Waals surface area (Å²) in [5, 5.41) is 10.3. The number of hydrogen-bond acceptors (Lipinski definition) is 2. The lowest BCUT2D eigenvalue weighted by molar-refractivity contribution is -0.0407. The van der Waals surface area contributed by atoms with Gasteiger partial charge in [0.2, 0.25) is 0 Å². The Balaban J connectivity index is 1.83. The Morgan fingerprint density at radius 2 is 2.06 bits per heavy atom. The first-order valence-electron chi connectivity index (χ1n) is 7.04. The minimum atomic E-state index is -0.301. The molecule has 0 spiro atoms. The fraction of sp³-hybridized carbons (Fsp3) is 0.867. The highest BCUT2D eigenvalue weighted by atomic mass is 16.5. The third-order valence-electron chi connectivity index (χ3n) is 4.78. The van der Waals surface area contributed by atoms with Crippen molar-refractivity contribution in [2.75, 3.05) is 0 Å². The Bertz CT molecular complexity index is 295. The van der Waals surface area contributed by atoms with Crippen LogP contribution < -0.4 is 0 Å². The SMILES string of the molecule is CC(C)C(C)C(C)CC(O)[C@@H]1OC2=CC1CC2. The molecule has 2 aliphatic rings. The first-order valence-corrected chi connectivity index (χ1v) is 7.04. The van der Waals surface area contributed by atoms with Gasteiger partial charge in [0.1, 0.15) is 6.10 Å². The van der Waals surface area contributed by atoms with Gasteiger partial charge in [-0.1, -0.05) is 27.7 Å². The summed E-state index contributed by atoms with van der Waals surface area (Å²) in [5.41, 5.74) is 0. The normalized spacial score (nSPS) is 32.2.